The summed E-state index contributed by atoms with van der Waals surface area (Å²) >= 11 is 0. The summed E-state index contributed by atoms with van der Waals surface area (Å²) in [6, 6.07) is 0. The fourth-order valence-electron chi connectivity index (χ4n) is 1.42. The van der Waals surface area contributed by atoms with E-state index in [9.17, 15) is 9.59 Å². The standard InChI is InChI=1S/C13H27NO5Si2/c1-17-14-11(13(16)19-21(5,6)7)9-8-10-12(15)18-20(2,3)4/h8-10H2,1-7H3/b14-11-. The van der Waals surface area contributed by atoms with E-state index in [1.165, 1.54) is 7.11 Å². The Labute approximate surface area is 129 Å². The highest BCUT2D eigenvalue weighted by molar-refractivity contribution is 6.72. The van der Waals surface area contributed by atoms with Crippen molar-refractivity contribution in [1.29, 1.82) is 0 Å². The maximum absolute atomic E-state index is 11.9. The molecule has 0 aromatic heterocycles. The summed E-state index contributed by atoms with van der Waals surface area (Å²) in [5.41, 5.74) is 0.209. The minimum Gasteiger partial charge on any atom is -0.520 e. The minimum atomic E-state index is -1.98. The summed E-state index contributed by atoms with van der Waals surface area (Å²) in [5, 5.41) is 3.70. The minimum absolute atomic E-state index is 0.209. The summed E-state index contributed by atoms with van der Waals surface area (Å²) < 4.78 is 10.7. The molecule has 0 radical (unpaired) electrons. The average Bonchev–Trinajstić information content (AvgIpc) is 2.22. The van der Waals surface area contributed by atoms with E-state index in [4.69, 9.17) is 8.85 Å². The van der Waals surface area contributed by atoms with Gasteiger partial charge in [-0.25, -0.2) is 4.79 Å². The molecule has 0 heterocycles. The number of rotatable bonds is 8. The Morgan fingerprint density at radius 1 is 0.905 bits per heavy atom. The third-order valence-corrected chi connectivity index (χ3v) is 3.69. The lowest BCUT2D eigenvalue weighted by Gasteiger charge is -2.18. The molecule has 8 heteroatoms. The fraction of sp³-hybridized carbons (Fsp3) is 0.769. The normalized spacial score (nSPS) is 12.8. The van der Waals surface area contributed by atoms with E-state index in [2.05, 4.69) is 9.99 Å². The van der Waals surface area contributed by atoms with E-state index in [0.29, 0.717) is 12.8 Å². The summed E-state index contributed by atoms with van der Waals surface area (Å²) in [6.45, 7) is 11.6. The van der Waals surface area contributed by atoms with E-state index in [1.54, 1.807) is 0 Å². The van der Waals surface area contributed by atoms with Crippen molar-refractivity contribution in [2.24, 2.45) is 5.16 Å². The van der Waals surface area contributed by atoms with Crippen LogP contribution in [-0.4, -0.2) is 41.4 Å². The molecule has 0 bridgehead atoms. The SMILES string of the molecule is CO/N=C(/CCCC(=O)O[Si](C)(C)C)C(=O)O[Si](C)(C)C. The number of hydrogen-bond donors (Lipinski definition) is 0. The van der Waals surface area contributed by atoms with Crippen molar-refractivity contribution < 1.29 is 23.3 Å². The van der Waals surface area contributed by atoms with Crippen molar-refractivity contribution in [2.75, 3.05) is 7.11 Å². The number of carbonyl (C=O) groups excluding carboxylic acids is 2. The Bertz CT molecular complexity index is 396. The van der Waals surface area contributed by atoms with Crippen LogP contribution in [0.25, 0.3) is 0 Å². The second-order valence-corrected chi connectivity index (χ2v) is 15.5. The van der Waals surface area contributed by atoms with Gasteiger partial charge in [-0.3, -0.25) is 4.79 Å². The summed E-state index contributed by atoms with van der Waals surface area (Å²) in [4.78, 5) is 28.2. The largest absolute Gasteiger partial charge is 0.520 e. The first-order valence-electron chi connectivity index (χ1n) is 7.00. The monoisotopic (exact) mass is 333 g/mol. The van der Waals surface area contributed by atoms with Gasteiger partial charge in [0.2, 0.25) is 16.6 Å². The van der Waals surface area contributed by atoms with Gasteiger partial charge in [-0.15, -0.1) is 0 Å². The van der Waals surface area contributed by atoms with Gasteiger partial charge >= 0.3 is 5.97 Å². The molecular weight excluding hydrogens is 306 g/mol. The lowest BCUT2D eigenvalue weighted by Crippen LogP contribution is -2.33. The first kappa shape index (κ1) is 19.8. The van der Waals surface area contributed by atoms with Crippen molar-refractivity contribution in [3.8, 4) is 0 Å². The predicted molar refractivity (Wildman–Crippen MR) is 87.2 cm³/mol. The predicted octanol–water partition coefficient (Wildman–Crippen LogP) is 2.92. The molecule has 0 aromatic carbocycles. The molecule has 0 N–H and O–H groups in total. The van der Waals surface area contributed by atoms with Gasteiger partial charge in [0.05, 0.1) is 0 Å². The second-order valence-electron chi connectivity index (χ2n) is 6.66. The van der Waals surface area contributed by atoms with E-state index >= 15 is 0 Å². The molecule has 0 saturated heterocycles. The van der Waals surface area contributed by atoms with Crippen molar-refractivity contribution >= 4 is 34.3 Å². The number of nitrogens with zero attached hydrogens (tertiary/aromatic N) is 1. The van der Waals surface area contributed by atoms with Gasteiger partial charge in [-0.05, 0) is 45.7 Å². The first-order chi connectivity index (χ1) is 9.44. The average molecular weight is 334 g/mol. The quantitative estimate of drug-likeness (QED) is 0.388. The molecule has 21 heavy (non-hydrogen) atoms. The summed E-state index contributed by atoms with van der Waals surface area (Å²) in [6.07, 6.45) is 1.07. The third-order valence-electron chi connectivity index (χ3n) is 2.05. The van der Waals surface area contributed by atoms with Crippen molar-refractivity contribution in [3.05, 3.63) is 0 Å². The molecule has 0 aliphatic rings. The Morgan fingerprint density at radius 2 is 1.43 bits per heavy atom. The van der Waals surface area contributed by atoms with Crippen molar-refractivity contribution in [1.82, 2.24) is 0 Å². The molecular formula is C13H27NO5Si2. The highest BCUT2D eigenvalue weighted by Gasteiger charge is 2.24. The Kier molecular flexibility index (Phi) is 7.87. The van der Waals surface area contributed by atoms with Gasteiger partial charge in [-0.2, -0.15) is 0 Å². The molecule has 0 unspecified atom stereocenters. The summed E-state index contributed by atoms with van der Waals surface area (Å²) in [7, 11) is -2.46. The van der Waals surface area contributed by atoms with Crippen molar-refractivity contribution in [3.63, 3.8) is 0 Å². The molecule has 0 aromatic rings. The van der Waals surface area contributed by atoms with Crippen molar-refractivity contribution in [2.45, 2.75) is 58.5 Å². The van der Waals surface area contributed by atoms with Gasteiger partial charge in [0.15, 0.2) is 5.71 Å². The molecule has 0 amide bonds. The second kappa shape index (κ2) is 8.33. The van der Waals surface area contributed by atoms with Crippen LogP contribution in [0.1, 0.15) is 19.3 Å². The van der Waals surface area contributed by atoms with Crippen LogP contribution in [0.3, 0.4) is 0 Å². The molecule has 0 rings (SSSR count). The van der Waals surface area contributed by atoms with Crippen LogP contribution in [0.4, 0.5) is 0 Å². The zero-order chi connectivity index (χ0) is 16.7. The van der Waals surface area contributed by atoms with Crippen LogP contribution in [0, 0.1) is 0 Å². The summed E-state index contributed by atoms with van der Waals surface area (Å²) in [5.74, 6) is -0.695. The lowest BCUT2D eigenvalue weighted by atomic mass is 10.2. The maximum Gasteiger partial charge on any atom is 0.342 e. The fourth-order valence-corrected chi connectivity index (χ4v) is 2.88. The van der Waals surface area contributed by atoms with Gasteiger partial charge in [0.1, 0.15) is 7.11 Å². The highest BCUT2D eigenvalue weighted by atomic mass is 28.4. The highest BCUT2D eigenvalue weighted by Crippen LogP contribution is 2.10. The first-order valence-corrected chi connectivity index (χ1v) is 13.8. The van der Waals surface area contributed by atoms with Gasteiger partial charge in [0, 0.05) is 12.8 Å². The molecule has 122 valence electrons. The molecule has 0 aliphatic carbocycles. The van der Waals surface area contributed by atoms with Crippen LogP contribution in [0.2, 0.25) is 39.3 Å². The van der Waals surface area contributed by atoms with Gasteiger partial charge in [-0.1, -0.05) is 5.16 Å². The maximum atomic E-state index is 11.9. The van der Waals surface area contributed by atoms with Gasteiger partial charge < -0.3 is 13.7 Å². The number of carbonyl (C=O) groups is 2. The van der Waals surface area contributed by atoms with Crippen LogP contribution in [0.5, 0.6) is 0 Å². The topological polar surface area (TPSA) is 74.2 Å². The molecule has 0 atom stereocenters. The molecule has 6 nitrogen and oxygen atoms in total. The van der Waals surface area contributed by atoms with Crippen LogP contribution >= 0.6 is 0 Å². The smallest absolute Gasteiger partial charge is 0.342 e. The Hall–Kier alpha value is -1.16. The number of oxime groups is 1. The van der Waals surface area contributed by atoms with Crippen LogP contribution in [-0.2, 0) is 23.3 Å². The molecule has 0 saturated carbocycles. The number of hydrogen-bond acceptors (Lipinski definition) is 6. The van der Waals surface area contributed by atoms with Crippen LogP contribution in [0.15, 0.2) is 5.16 Å². The van der Waals surface area contributed by atoms with E-state index in [1.807, 2.05) is 39.3 Å². The Balaban J connectivity index is 4.39. The molecule has 0 aliphatic heterocycles. The van der Waals surface area contributed by atoms with E-state index in [-0.39, 0.29) is 18.1 Å². The zero-order valence-electron chi connectivity index (χ0n) is 14.1. The third kappa shape index (κ3) is 11.2. The zero-order valence-corrected chi connectivity index (χ0v) is 16.1. The van der Waals surface area contributed by atoms with E-state index < -0.39 is 22.6 Å². The molecule has 0 fully saturated rings. The molecule has 0 spiro atoms. The lowest BCUT2D eigenvalue weighted by molar-refractivity contribution is -0.135. The Morgan fingerprint density at radius 3 is 1.86 bits per heavy atom. The van der Waals surface area contributed by atoms with Crippen LogP contribution < -0.4 is 0 Å². The van der Waals surface area contributed by atoms with Gasteiger partial charge in [0.25, 0.3) is 5.97 Å². The van der Waals surface area contributed by atoms with E-state index in [0.717, 1.165) is 0 Å².